The summed E-state index contributed by atoms with van der Waals surface area (Å²) >= 11 is 0. The third-order valence-corrected chi connectivity index (χ3v) is 9.35. The summed E-state index contributed by atoms with van der Waals surface area (Å²) in [6.07, 6.45) is -0.759. The van der Waals surface area contributed by atoms with Crippen LogP contribution in [0.25, 0.3) is 11.2 Å². The number of fused-ring (bicyclic) bond motifs is 1. The maximum atomic E-state index is 13.6. The molecule has 0 bridgehead atoms. The standard InChI is InChI=1S/C24H24F4N6O3S/c1-14-4-2-7-18(24(26,27)28)20(14)38(36,37)33-10-8-16(9-11-33)21-29-22-19(23(35)30-21)31-32-34(22)13-15-5-3-6-17(25)12-15/h2-7,12,14,16,20H,8-11,13H2,1H3,(H,29,30,35). The van der Waals surface area contributed by atoms with E-state index in [2.05, 4.69) is 20.3 Å². The molecule has 3 aromatic rings. The zero-order chi connectivity index (χ0) is 27.2. The maximum Gasteiger partial charge on any atom is 0.414 e. The molecule has 0 spiro atoms. The Labute approximate surface area is 214 Å². The molecule has 38 heavy (non-hydrogen) atoms. The van der Waals surface area contributed by atoms with Crippen molar-refractivity contribution in [2.24, 2.45) is 5.92 Å². The molecule has 2 aliphatic rings. The van der Waals surface area contributed by atoms with Gasteiger partial charge in [-0.2, -0.15) is 13.2 Å². The van der Waals surface area contributed by atoms with Gasteiger partial charge in [-0.3, -0.25) is 4.79 Å². The SMILES string of the molecule is CC1C=CC=C(C(F)(F)F)C1S(=O)(=O)N1CCC(c2nc3c(nnn3Cc3cccc(F)c3)c(=O)[nH]2)CC1. The average Bonchev–Trinajstić information content (AvgIpc) is 3.26. The minimum absolute atomic E-state index is 0.0102. The van der Waals surface area contributed by atoms with Crippen LogP contribution in [0.2, 0.25) is 0 Å². The lowest BCUT2D eigenvalue weighted by atomic mass is 9.95. The number of rotatable bonds is 5. The minimum Gasteiger partial charge on any atom is -0.308 e. The number of allylic oxidation sites excluding steroid dienone is 3. The monoisotopic (exact) mass is 552 g/mol. The van der Waals surface area contributed by atoms with E-state index in [1.165, 1.54) is 35.9 Å². The van der Waals surface area contributed by atoms with Crippen molar-refractivity contribution < 1.29 is 26.0 Å². The topological polar surface area (TPSA) is 114 Å². The van der Waals surface area contributed by atoms with Crippen molar-refractivity contribution in [1.29, 1.82) is 0 Å². The second-order valence-corrected chi connectivity index (χ2v) is 11.6. The number of alkyl halides is 3. The second kappa shape index (κ2) is 9.73. The molecule has 2 aromatic heterocycles. The van der Waals surface area contributed by atoms with Crippen LogP contribution in [-0.2, 0) is 16.6 Å². The molecular weight excluding hydrogens is 528 g/mol. The summed E-state index contributed by atoms with van der Waals surface area (Å²) < 4.78 is 83.6. The average molecular weight is 553 g/mol. The highest BCUT2D eigenvalue weighted by molar-refractivity contribution is 7.90. The van der Waals surface area contributed by atoms with Gasteiger partial charge < -0.3 is 4.98 Å². The number of aromatic amines is 1. The van der Waals surface area contributed by atoms with Crippen LogP contribution in [0.4, 0.5) is 17.6 Å². The lowest BCUT2D eigenvalue weighted by Gasteiger charge is -2.36. The molecule has 0 amide bonds. The molecule has 0 radical (unpaired) electrons. The summed E-state index contributed by atoms with van der Waals surface area (Å²) in [6, 6.07) is 5.89. The molecule has 202 valence electrons. The highest BCUT2D eigenvalue weighted by Gasteiger charge is 2.49. The van der Waals surface area contributed by atoms with E-state index in [0.29, 0.717) is 11.4 Å². The van der Waals surface area contributed by atoms with E-state index in [4.69, 9.17) is 0 Å². The first-order chi connectivity index (χ1) is 17.9. The minimum atomic E-state index is -4.77. The lowest BCUT2D eigenvalue weighted by molar-refractivity contribution is -0.0946. The second-order valence-electron chi connectivity index (χ2n) is 9.50. The summed E-state index contributed by atoms with van der Waals surface area (Å²) in [6.45, 7) is 1.54. The Kier molecular flexibility index (Phi) is 6.71. The van der Waals surface area contributed by atoms with E-state index in [1.54, 1.807) is 12.1 Å². The first kappa shape index (κ1) is 26.2. The molecule has 9 nitrogen and oxygen atoms in total. The molecule has 1 aliphatic carbocycles. The van der Waals surface area contributed by atoms with E-state index >= 15 is 0 Å². The van der Waals surface area contributed by atoms with Crippen LogP contribution in [0.1, 0.15) is 37.1 Å². The van der Waals surface area contributed by atoms with Crippen LogP contribution >= 0.6 is 0 Å². The normalized spacial score (nSPS) is 21.7. The maximum absolute atomic E-state index is 13.6. The van der Waals surface area contributed by atoms with Crippen molar-refractivity contribution >= 4 is 21.2 Å². The number of halogens is 4. The summed E-state index contributed by atoms with van der Waals surface area (Å²) in [5.41, 5.74) is -0.793. The first-order valence-corrected chi connectivity index (χ1v) is 13.5. The van der Waals surface area contributed by atoms with E-state index in [0.717, 1.165) is 10.4 Å². The molecule has 1 aliphatic heterocycles. The number of H-pyrrole nitrogens is 1. The van der Waals surface area contributed by atoms with E-state index in [9.17, 15) is 30.8 Å². The summed E-state index contributed by atoms with van der Waals surface area (Å²) in [7, 11) is -4.30. The Balaban J connectivity index is 1.36. The Morgan fingerprint density at radius 2 is 1.92 bits per heavy atom. The van der Waals surface area contributed by atoms with Crippen LogP contribution in [0.5, 0.6) is 0 Å². The van der Waals surface area contributed by atoms with Gasteiger partial charge in [-0.05, 0) is 36.5 Å². The van der Waals surface area contributed by atoms with Gasteiger partial charge in [0.05, 0.1) is 12.1 Å². The van der Waals surface area contributed by atoms with Crippen molar-refractivity contribution in [3.63, 3.8) is 0 Å². The number of hydrogen-bond donors (Lipinski definition) is 1. The number of piperidine rings is 1. The lowest BCUT2D eigenvalue weighted by Crippen LogP contribution is -2.48. The Bertz CT molecular complexity index is 1590. The molecule has 5 rings (SSSR count). The van der Waals surface area contributed by atoms with Gasteiger partial charge in [-0.15, -0.1) is 5.10 Å². The molecular formula is C24H24F4N6O3S. The zero-order valence-electron chi connectivity index (χ0n) is 20.2. The summed E-state index contributed by atoms with van der Waals surface area (Å²) in [5, 5.41) is 6.12. The molecule has 1 N–H and O–H groups in total. The van der Waals surface area contributed by atoms with E-state index in [1.807, 2.05) is 0 Å². The van der Waals surface area contributed by atoms with Crippen LogP contribution in [-0.4, -0.2) is 62.2 Å². The fourth-order valence-electron chi connectivity index (χ4n) is 5.04. The molecule has 1 aromatic carbocycles. The Morgan fingerprint density at radius 1 is 1.18 bits per heavy atom. The number of benzene rings is 1. The predicted molar refractivity (Wildman–Crippen MR) is 130 cm³/mol. The van der Waals surface area contributed by atoms with Gasteiger partial charge in [0.1, 0.15) is 16.9 Å². The third-order valence-electron chi connectivity index (χ3n) is 6.94. The van der Waals surface area contributed by atoms with Crippen molar-refractivity contribution in [2.75, 3.05) is 13.1 Å². The van der Waals surface area contributed by atoms with Gasteiger partial charge >= 0.3 is 6.18 Å². The van der Waals surface area contributed by atoms with Gasteiger partial charge in [-0.25, -0.2) is 26.8 Å². The largest absolute Gasteiger partial charge is 0.414 e. The smallest absolute Gasteiger partial charge is 0.308 e. The van der Waals surface area contributed by atoms with Gasteiger partial charge in [0.25, 0.3) is 5.56 Å². The highest BCUT2D eigenvalue weighted by atomic mass is 32.2. The fraction of sp³-hybridized carbons (Fsp3) is 0.417. The Hall–Kier alpha value is -3.39. The van der Waals surface area contributed by atoms with Crippen LogP contribution in [0, 0.1) is 11.7 Å². The van der Waals surface area contributed by atoms with Gasteiger partial charge in [-0.1, -0.05) is 42.5 Å². The van der Waals surface area contributed by atoms with Crippen molar-refractivity contribution in [1.82, 2.24) is 29.3 Å². The highest BCUT2D eigenvalue weighted by Crippen LogP contribution is 2.39. The van der Waals surface area contributed by atoms with Gasteiger partial charge in [0.2, 0.25) is 10.0 Å². The number of aromatic nitrogens is 5. The molecule has 2 unspecified atom stereocenters. The molecule has 1 fully saturated rings. The van der Waals surface area contributed by atoms with Gasteiger partial charge in [0.15, 0.2) is 11.2 Å². The molecule has 1 saturated heterocycles. The molecule has 2 atom stereocenters. The first-order valence-electron chi connectivity index (χ1n) is 12.0. The van der Waals surface area contributed by atoms with Crippen molar-refractivity contribution in [3.05, 3.63) is 75.6 Å². The zero-order valence-corrected chi connectivity index (χ0v) is 21.0. The van der Waals surface area contributed by atoms with E-state index in [-0.39, 0.29) is 49.6 Å². The summed E-state index contributed by atoms with van der Waals surface area (Å²) in [4.78, 5) is 19.9. The van der Waals surface area contributed by atoms with Crippen LogP contribution in [0.3, 0.4) is 0 Å². The number of sulfonamides is 1. The molecule has 14 heteroatoms. The molecule has 3 heterocycles. The Morgan fingerprint density at radius 3 is 2.61 bits per heavy atom. The van der Waals surface area contributed by atoms with Crippen molar-refractivity contribution in [3.8, 4) is 0 Å². The predicted octanol–water partition coefficient (Wildman–Crippen LogP) is 3.27. The molecule has 0 saturated carbocycles. The van der Waals surface area contributed by atoms with Crippen LogP contribution in [0.15, 0.2) is 52.9 Å². The number of hydrogen-bond acceptors (Lipinski definition) is 6. The van der Waals surface area contributed by atoms with Crippen LogP contribution < -0.4 is 5.56 Å². The van der Waals surface area contributed by atoms with Crippen molar-refractivity contribution in [2.45, 2.75) is 43.7 Å². The van der Waals surface area contributed by atoms with Gasteiger partial charge in [0, 0.05) is 19.0 Å². The number of nitrogens with one attached hydrogen (secondary N) is 1. The number of nitrogens with zero attached hydrogens (tertiary/aromatic N) is 5. The van der Waals surface area contributed by atoms with E-state index < -0.39 is 44.3 Å². The quantitative estimate of drug-likeness (QED) is 0.486. The summed E-state index contributed by atoms with van der Waals surface area (Å²) in [5.74, 6) is -1.29. The third kappa shape index (κ3) is 4.89. The fourth-order valence-corrected chi connectivity index (χ4v) is 7.24.